The highest BCUT2D eigenvalue weighted by molar-refractivity contribution is 5.94. The van der Waals surface area contributed by atoms with Crippen molar-refractivity contribution >= 4 is 17.5 Å². The van der Waals surface area contributed by atoms with E-state index in [0.29, 0.717) is 45.9 Å². The summed E-state index contributed by atoms with van der Waals surface area (Å²) in [7, 11) is 0. The van der Waals surface area contributed by atoms with Gasteiger partial charge in [0.05, 0.1) is 13.1 Å². The topological polar surface area (TPSA) is 53.1 Å². The van der Waals surface area contributed by atoms with Gasteiger partial charge in [0.25, 0.3) is 5.91 Å². The number of anilines is 1. The first-order valence-electron chi connectivity index (χ1n) is 10.7. The van der Waals surface area contributed by atoms with Gasteiger partial charge in [-0.05, 0) is 30.5 Å². The van der Waals surface area contributed by atoms with E-state index in [1.165, 1.54) is 0 Å². The van der Waals surface area contributed by atoms with Crippen LogP contribution in [0.1, 0.15) is 18.4 Å². The molecule has 2 amide bonds. The van der Waals surface area contributed by atoms with Crippen molar-refractivity contribution < 1.29 is 14.3 Å². The van der Waals surface area contributed by atoms with Crippen LogP contribution in [-0.4, -0.2) is 67.0 Å². The minimum atomic E-state index is -0.266. The molecular formula is C24H29N3O3. The van der Waals surface area contributed by atoms with Gasteiger partial charge in [0.2, 0.25) is 5.91 Å². The fourth-order valence-corrected chi connectivity index (χ4v) is 4.08. The lowest BCUT2D eigenvalue weighted by Gasteiger charge is -2.36. The van der Waals surface area contributed by atoms with Crippen molar-refractivity contribution in [3.63, 3.8) is 0 Å². The summed E-state index contributed by atoms with van der Waals surface area (Å²) >= 11 is 0. The highest BCUT2D eigenvalue weighted by Crippen LogP contribution is 2.19. The number of nitrogens with zero attached hydrogens (tertiary/aromatic N) is 3. The van der Waals surface area contributed by atoms with E-state index in [4.69, 9.17) is 4.74 Å². The second-order valence-electron chi connectivity index (χ2n) is 7.90. The first-order valence-corrected chi connectivity index (χ1v) is 10.7. The smallest absolute Gasteiger partial charge is 0.251 e. The third kappa shape index (κ3) is 5.07. The van der Waals surface area contributed by atoms with Crippen molar-refractivity contribution in [2.75, 3.05) is 44.2 Å². The molecule has 2 saturated heterocycles. The molecular weight excluding hydrogens is 378 g/mol. The van der Waals surface area contributed by atoms with E-state index in [-0.39, 0.29) is 17.9 Å². The summed E-state index contributed by atoms with van der Waals surface area (Å²) in [6.07, 6.45) is 1.52. The molecule has 0 spiro atoms. The van der Waals surface area contributed by atoms with Crippen LogP contribution in [0.25, 0.3) is 0 Å². The molecule has 0 saturated carbocycles. The van der Waals surface area contributed by atoms with Gasteiger partial charge >= 0.3 is 0 Å². The van der Waals surface area contributed by atoms with Gasteiger partial charge in [-0.3, -0.25) is 14.5 Å². The van der Waals surface area contributed by atoms with E-state index < -0.39 is 0 Å². The van der Waals surface area contributed by atoms with Gasteiger partial charge in [0.1, 0.15) is 6.10 Å². The van der Waals surface area contributed by atoms with E-state index in [0.717, 1.165) is 24.1 Å². The van der Waals surface area contributed by atoms with Crippen LogP contribution in [0.4, 0.5) is 5.69 Å². The number of carbonyl (C=O) groups excluding carboxylic acids is 2. The molecule has 2 heterocycles. The van der Waals surface area contributed by atoms with E-state index in [2.05, 4.69) is 4.90 Å². The number of amides is 2. The van der Waals surface area contributed by atoms with Gasteiger partial charge in [-0.25, -0.2) is 0 Å². The molecule has 2 aliphatic rings. The molecule has 158 valence electrons. The number of ether oxygens (including phenoxy) is 1. The Morgan fingerprint density at radius 1 is 0.933 bits per heavy atom. The van der Waals surface area contributed by atoms with Crippen LogP contribution in [0.2, 0.25) is 0 Å². The lowest BCUT2D eigenvalue weighted by molar-refractivity contribution is -0.142. The van der Waals surface area contributed by atoms with Gasteiger partial charge < -0.3 is 14.5 Å². The van der Waals surface area contributed by atoms with Crippen molar-refractivity contribution in [3.8, 4) is 0 Å². The van der Waals surface area contributed by atoms with Crippen LogP contribution in [0.15, 0.2) is 60.7 Å². The Hall–Kier alpha value is -2.70. The van der Waals surface area contributed by atoms with Gasteiger partial charge in [-0.1, -0.05) is 48.5 Å². The van der Waals surface area contributed by atoms with Crippen LogP contribution >= 0.6 is 0 Å². The Bertz CT molecular complexity index is 829. The summed E-state index contributed by atoms with van der Waals surface area (Å²) < 4.78 is 5.53. The maximum Gasteiger partial charge on any atom is 0.251 e. The standard InChI is InChI=1S/C24H29N3O3/c28-23(19-25-13-15-26(16-14-25)24(29)22-12-7-17-30-22)27(21-10-5-2-6-11-21)18-20-8-3-1-4-9-20/h1-6,8-11,22H,7,12-19H2. The predicted octanol–water partition coefficient (Wildman–Crippen LogP) is 2.54. The van der Waals surface area contributed by atoms with Crippen LogP contribution < -0.4 is 4.90 Å². The van der Waals surface area contributed by atoms with Gasteiger partial charge in [0.15, 0.2) is 0 Å². The molecule has 0 bridgehead atoms. The molecule has 0 N–H and O–H groups in total. The molecule has 4 rings (SSSR count). The number of benzene rings is 2. The molecule has 2 aliphatic heterocycles. The van der Waals surface area contributed by atoms with Crippen molar-refractivity contribution in [3.05, 3.63) is 66.2 Å². The lowest BCUT2D eigenvalue weighted by Crippen LogP contribution is -2.53. The monoisotopic (exact) mass is 407 g/mol. The largest absolute Gasteiger partial charge is 0.368 e. The maximum atomic E-state index is 13.2. The maximum absolute atomic E-state index is 13.2. The van der Waals surface area contributed by atoms with E-state index in [9.17, 15) is 9.59 Å². The third-order valence-corrected chi connectivity index (χ3v) is 5.80. The number of hydrogen-bond donors (Lipinski definition) is 0. The molecule has 2 fully saturated rings. The Morgan fingerprint density at radius 2 is 1.60 bits per heavy atom. The molecule has 2 aromatic rings. The highest BCUT2D eigenvalue weighted by Gasteiger charge is 2.31. The fraction of sp³-hybridized carbons (Fsp3) is 0.417. The molecule has 30 heavy (non-hydrogen) atoms. The Morgan fingerprint density at radius 3 is 2.23 bits per heavy atom. The molecule has 6 nitrogen and oxygen atoms in total. The normalized spacial score (nSPS) is 19.6. The van der Waals surface area contributed by atoms with Crippen LogP contribution in [-0.2, 0) is 20.9 Å². The zero-order chi connectivity index (χ0) is 20.8. The number of carbonyl (C=O) groups is 2. The van der Waals surface area contributed by atoms with Crippen molar-refractivity contribution in [2.24, 2.45) is 0 Å². The SMILES string of the molecule is O=C(C1CCCO1)N1CCN(CC(=O)N(Cc2ccccc2)c2ccccc2)CC1. The number of para-hydroxylation sites is 1. The Kier molecular flexibility index (Phi) is 6.77. The summed E-state index contributed by atoms with van der Waals surface area (Å²) in [6.45, 7) is 4.29. The summed E-state index contributed by atoms with van der Waals surface area (Å²) in [5, 5.41) is 0. The number of piperazine rings is 1. The highest BCUT2D eigenvalue weighted by atomic mass is 16.5. The molecule has 1 unspecified atom stereocenters. The Balaban J connectivity index is 1.36. The van der Waals surface area contributed by atoms with Crippen molar-refractivity contribution in [2.45, 2.75) is 25.5 Å². The van der Waals surface area contributed by atoms with Crippen molar-refractivity contribution in [1.82, 2.24) is 9.80 Å². The summed E-state index contributed by atoms with van der Waals surface area (Å²) in [5.74, 6) is 0.178. The minimum Gasteiger partial charge on any atom is -0.368 e. The minimum absolute atomic E-state index is 0.0731. The van der Waals surface area contributed by atoms with Gasteiger partial charge in [0, 0.05) is 38.5 Å². The summed E-state index contributed by atoms with van der Waals surface area (Å²) in [6, 6.07) is 19.9. The first-order chi connectivity index (χ1) is 14.7. The zero-order valence-electron chi connectivity index (χ0n) is 17.3. The van der Waals surface area contributed by atoms with Gasteiger partial charge in [-0.15, -0.1) is 0 Å². The molecule has 6 heteroatoms. The third-order valence-electron chi connectivity index (χ3n) is 5.80. The molecule has 1 atom stereocenters. The van der Waals surface area contributed by atoms with Crippen molar-refractivity contribution in [1.29, 1.82) is 0 Å². The van der Waals surface area contributed by atoms with Crippen LogP contribution in [0, 0.1) is 0 Å². The first kappa shape index (κ1) is 20.6. The number of rotatable bonds is 6. The zero-order valence-corrected chi connectivity index (χ0v) is 17.3. The van der Waals surface area contributed by atoms with Crippen LogP contribution in [0.3, 0.4) is 0 Å². The average Bonchev–Trinajstić information content (AvgIpc) is 3.34. The lowest BCUT2D eigenvalue weighted by atomic mass is 10.2. The average molecular weight is 408 g/mol. The second kappa shape index (κ2) is 9.87. The summed E-state index contributed by atoms with van der Waals surface area (Å²) in [5.41, 5.74) is 2.00. The molecule has 2 aromatic carbocycles. The molecule has 0 aliphatic carbocycles. The molecule has 0 radical (unpaired) electrons. The van der Waals surface area contributed by atoms with Gasteiger partial charge in [-0.2, -0.15) is 0 Å². The number of hydrogen-bond acceptors (Lipinski definition) is 4. The van der Waals surface area contributed by atoms with E-state index in [1.807, 2.05) is 70.5 Å². The van der Waals surface area contributed by atoms with E-state index in [1.54, 1.807) is 0 Å². The van der Waals surface area contributed by atoms with E-state index >= 15 is 0 Å². The molecule has 0 aromatic heterocycles. The van der Waals surface area contributed by atoms with Crippen LogP contribution in [0.5, 0.6) is 0 Å². The second-order valence-corrected chi connectivity index (χ2v) is 7.90. The predicted molar refractivity (Wildman–Crippen MR) is 116 cm³/mol. The summed E-state index contributed by atoms with van der Waals surface area (Å²) in [4.78, 5) is 31.6. The quantitative estimate of drug-likeness (QED) is 0.739. The fourth-order valence-electron chi connectivity index (χ4n) is 4.08. The Labute approximate surface area is 178 Å².